The fourth-order valence-corrected chi connectivity index (χ4v) is 4.45. The average molecular weight is 436 g/mol. The molecule has 0 radical (unpaired) electrons. The number of hydrogen-bond acceptors (Lipinski definition) is 6. The van der Waals surface area contributed by atoms with Gasteiger partial charge in [0, 0.05) is 16.6 Å². The fourth-order valence-electron chi connectivity index (χ4n) is 3.39. The van der Waals surface area contributed by atoms with Gasteiger partial charge in [-0.15, -0.1) is 11.3 Å². The van der Waals surface area contributed by atoms with E-state index >= 15 is 0 Å². The Morgan fingerprint density at radius 1 is 1.03 bits per heavy atom. The van der Waals surface area contributed by atoms with Crippen LogP contribution >= 0.6 is 11.3 Å². The standard InChI is InChI=1S/C22H16N2O6S/c1-2-30-21(27)17-16(12-6-5-7-13(10-12)23-22(28)29)11-31-20(17)24-18(25)14-8-3-4-9-15(14)19(24)26/h3-11,23H,2H2,1H3,(H,28,29). The van der Waals surface area contributed by atoms with E-state index in [1.807, 2.05) is 0 Å². The van der Waals surface area contributed by atoms with E-state index in [4.69, 9.17) is 9.84 Å². The number of ether oxygens (including phenoxy) is 1. The molecule has 0 saturated carbocycles. The van der Waals surface area contributed by atoms with E-state index in [1.165, 1.54) is 0 Å². The zero-order valence-corrected chi connectivity index (χ0v) is 17.1. The third-order valence-corrected chi connectivity index (χ3v) is 5.64. The van der Waals surface area contributed by atoms with E-state index in [9.17, 15) is 19.2 Å². The molecule has 0 fully saturated rings. The lowest BCUT2D eigenvalue weighted by molar-refractivity contribution is 0.0528. The summed E-state index contributed by atoms with van der Waals surface area (Å²) in [4.78, 5) is 50.7. The summed E-state index contributed by atoms with van der Waals surface area (Å²) in [6.45, 7) is 1.76. The predicted octanol–water partition coefficient (Wildman–Crippen LogP) is 4.48. The molecule has 9 heteroatoms. The van der Waals surface area contributed by atoms with Crippen LogP contribution < -0.4 is 10.2 Å². The van der Waals surface area contributed by atoms with Gasteiger partial charge in [0.05, 0.1) is 17.7 Å². The summed E-state index contributed by atoms with van der Waals surface area (Å²) in [7, 11) is 0. The molecular weight excluding hydrogens is 420 g/mol. The maximum atomic E-state index is 12.9. The molecule has 31 heavy (non-hydrogen) atoms. The number of nitrogens with zero attached hydrogens (tertiary/aromatic N) is 1. The normalized spacial score (nSPS) is 12.6. The van der Waals surface area contributed by atoms with E-state index in [-0.39, 0.29) is 28.3 Å². The van der Waals surface area contributed by atoms with Gasteiger partial charge in [-0.05, 0) is 36.8 Å². The highest BCUT2D eigenvalue weighted by Gasteiger charge is 2.40. The molecule has 0 saturated heterocycles. The van der Waals surface area contributed by atoms with Crippen LogP contribution in [0.2, 0.25) is 0 Å². The van der Waals surface area contributed by atoms with Crippen molar-refractivity contribution < 1.29 is 29.0 Å². The molecular formula is C22H16N2O6S. The van der Waals surface area contributed by atoms with Gasteiger partial charge in [0.15, 0.2) is 0 Å². The van der Waals surface area contributed by atoms with E-state index in [0.717, 1.165) is 16.2 Å². The molecule has 3 aromatic rings. The fraction of sp³-hybridized carbons (Fsp3) is 0.0909. The van der Waals surface area contributed by atoms with E-state index in [0.29, 0.717) is 16.8 Å². The molecule has 1 aliphatic rings. The minimum Gasteiger partial charge on any atom is -0.465 e. The molecule has 1 aliphatic heterocycles. The van der Waals surface area contributed by atoms with Crippen molar-refractivity contribution >= 4 is 45.9 Å². The maximum absolute atomic E-state index is 12.9. The average Bonchev–Trinajstić information content (AvgIpc) is 3.28. The second kappa shape index (κ2) is 8.04. The second-order valence-corrected chi connectivity index (χ2v) is 7.41. The van der Waals surface area contributed by atoms with Crippen LogP contribution in [0.3, 0.4) is 0 Å². The number of thiophene rings is 1. The highest BCUT2D eigenvalue weighted by molar-refractivity contribution is 7.15. The molecule has 1 aromatic heterocycles. The van der Waals surface area contributed by atoms with Crippen molar-refractivity contribution in [2.24, 2.45) is 0 Å². The van der Waals surface area contributed by atoms with Crippen LogP contribution in [0, 0.1) is 0 Å². The quantitative estimate of drug-likeness (QED) is 0.450. The topological polar surface area (TPSA) is 113 Å². The lowest BCUT2D eigenvalue weighted by Crippen LogP contribution is -2.30. The Morgan fingerprint density at radius 3 is 2.32 bits per heavy atom. The van der Waals surface area contributed by atoms with Crippen molar-refractivity contribution in [1.82, 2.24) is 0 Å². The van der Waals surface area contributed by atoms with Gasteiger partial charge < -0.3 is 9.84 Å². The molecule has 8 nitrogen and oxygen atoms in total. The van der Waals surface area contributed by atoms with Crippen LogP contribution in [0.1, 0.15) is 38.0 Å². The summed E-state index contributed by atoms with van der Waals surface area (Å²) < 4.78 is 5.20. The molecule has 2 aromatic carbocycles. The van der Waals surface area contributed by atoms with Gasteiger partial charge in [0.1, 0.15) is 10.6 Å². The van der Waals surface area contributed by atoms with Gasteiger partial charge in [-0.3, -0.25) is 14.9 Å². The lowest BCUT2D eigenvalue weighted by Gasteiger charge is -2.15. The Bertz CT molecular complexity index is 1200. The summed E-state index contributed by atoms with van der Waals surface area (Å²) in [5.74, 6) is -1.71. The molecule has 2 N–H and O–H groups in total. The number of benzene rings is 2. The first-order chi connectivity index (χ1) is 14.9. The number of carboxylic acid groups (broad SMARTS) is 1. The number of anilines is 2. The number of carbonyl (C=O) groups is 4. The minimum absolute atomic E-state index is 0.0776. The predicted molar refractivity (Wildman–Crippen MR) is 115 cm³/mol. The van der Waals surface area contributed by atoms with Crippen LogP contribution in [-0.4, -0.2) is 35.6 Å². The van der Waals surface area contributed by atoms with Gasteiger partial charge in [-0.2, -0.15) is 0 Å². The van der Waals surface area contributed by atoms with Gasteiger partial charge in [-0.1, -0.05) is 24.3 Å². The number of hydrogen-bond donors (Lipinski definition) is 2. The molecule has 0 atom stereocenters. The van der Waals surface area contributed by atoms with E-state index < -0.39 is 23.9 Å². The Labute approximate surface area is 180 Å². The number of imide groups is 1. The molecule has 4 rings (SSSR count). The maximum Gasteiger partial charge on any atom is 0.409 e. The number of rotatable bonds is 5. The SMILES string of the molecule is CCOC(=O)c1c(-c2cccc(NC(=O)O)c2)csc1N1C(=O)c2ccccc2C1=O. The van der Waals surface area contributed by atoms with Gasteiger partial charge >= 0.3 is 12.1 Å². The number of amides is 3. The van der Waals surface area contributed by atoms with Gasteiger partial charge in [0.25, 0.3) is 11.8 Å². The Kier molecular flexibility index (Phi) is 5.26. The van der Waals surface area contributed by atoms with Crippen molar-refractivity contribution in [2.45, 2.75) is 6.92 Å². The first kappa shape index (κ1) is 20.3. The number of fused-ring (bicyclic) bond motifs is 1. The molecule has 2 heterocycles. The van der Waals surface area contributed by atoms with Crippen LogP contribution in [0.5, 0.6) is 0 Å². The lowest BCUT2D eigenvalue weighted by atomic mass is 10.0. The summed E-state index contributed by atoms with van der Waals surface area (Å²) in [6.07, 6.45) is -1.22. The van der Waals surface area contributed by atoms with Crippen molar-refractivity contribution in [3.63, 3.8) is 0 Å². The third kappa shape index (κ3) is 3.55. The van der Waals surface area contributed by atoms with E-state index in [1.54, 1.807) is 60.8 Å². The van der Waals surface area contributed by atoms with Crippen LogP contribution in [0.15, 0.2) is 53.9 Å². The third-order valence-electron chi connectivity index (χ3n) is 4.67. The first-order valence-corrected chi connectivity index (χ1v) is 10.2. The van der Waals surface area contributed by atoms with Crippen LogP contribution in [-0.2, 0) is 4.74 Å². The summed E-state index contributed by atoms with van der Waals surface area (Å²) in [5, 5.41) is 13.0. The van der Waals surface area contributed by atoms with Gasteiger partial charge in [0.2, 0.25) is 0 Å². The summed E-state index contributed by atoms with van der Waals surface area (Å²) in [6, 6.07) is 12.9. The second-order valence-electron chi connectivity index (χ2n) is 6.55. The Morgan fingerprint density at radius 2 is 1.71 bits per heavy atom. The molecule has 3 amide bonds. The highest BCUT2D eigenvalue weighted by atomic mass is 32.1. The molecule has 0 aliphatic carbocycles. The number of esters is 1. The summed E-state index contributed by atoms with van der Waals surface area (Å²) >= 11 is 1.07. The minimum atomic E-state index is -1.22. The molecule has 0 bridgehead atoms. The molecule has 156 valence electrons. The number of nitrogens with one attached hydrogen (secondary N) is 1. The van der Waals surface area contributed by atoms with Crippen molar-refractivity contribution in [3.05, 3.63) is 70.6 Å². The zero-order valence-electron chi connectivity index (χ0n) is 16.2. The zero-order chi connectivity index (χ0) is 22.1. The Hall–Kier alpha value is -3.98. The molecule has 0 unspecified atom stereocenters. The largest absolute Gasteiger partial charge is 0.465 e. The highest BCUT2D eigenvalue weighted by Crippen LogP contribution is 2.42. The number of carbonyl (C=O) groups excluding carboxylic acids is 3. The molecule has 0 spiro atoms. The van der Waals surface area contributed by atoms with Gasteiger partial charge in [-0.25, -0.2) is 14.5 Å². The summed E-state index contributed by atoms with van der Waals surface area (Å²) in [5.41, 5.74) is 1.90. The first-order valence-electron chi connectivity index (χ1n) is 9.29. The van der Waals surface area contributed by atoms with Crippen molar-refractivity contribution in [3.8, 4) is 11.1 Å². The smallest absolute Gasteiger partial charge is 0.409 e. The van der Waals surface area contributed by atoms with Crippen LogP contribution in [0.25, 0.3) is 11.1 Å². The van der Waals surface area contributed by atoms with E-state index in [2.05, 4.69) is 5.32 Å². The Balaban J connectivity index is 1.84. The van der Waals surface area contributed by atoms with Crippen LogP contribution in [0.4, 0.5) is 15.5 Å². The monoisotopic (exact) mass is 436 g/mol. The van der Waals surface area contributed by atoms with Crippen molar-refractivity contribution in [1.29, 1.82) is 0 Å². The van der Waals surface area contributed by atoms with Crippen molar-refractivity contribution in [2.75, 3.05) is 16.8 Å².